The molecule has 0 fully saturated rings. The van der Waals surface area contributed by atoms with Crippen LogP contribution in [0, 0.1) is 0 Å². The molecule has 27 heavy (non-hydrogen) atoms. The Morgan fingerprint density at radius 3 is 2.37 bits per heavy atom. The van der Waals surface area contributed by atoms with Gasteiger partial charge in [0.15, 0.2) is 0 Å². The van der Waals surface area contributed by atoms with Crippen LogP contribution in [-0.2, 0) is 16.4 Å². The molecule has 3 aromatic carbocycles. The second-order valence-electron chi connectivity index (χ2n) is 6.29. The number of benzene rings is 3. The zero-order chi connectivity index (χ0) is 19.0. The van der Waals surface area contributed by atoms with E-state index < -0.39 is 21.8 Å². The molecule has 0 spiro atoms. The van der Waals surface area contributed by atoms with E-state index in [-0.39, 0.29) is 17.0 Å². The molecule has 136 valence electrons. The summed E-state index contributed by atoms with van der Waals surface area (Å²) in [6.07, 6.45) is 0.555. The normalized spacial score (nSPS) is 13.6. The summed E-state index contributed by atoms with van der Waals surface area (Å²) in [4.78, 5) is 24.2. The summed E-state index contributed by atoms with van der Waals surface area (Å²) in [6, 6.07) is 17.3. The van der Waals surface area contributed by atoms with E-state index in [0.717, 1.165) is 5.56 Å². The molecule has 0 aromatic heterocycles. The van der Waals surface area contributed by atoms with Gasteiger partial charge in [-0.1, -0.05) is 42.5 Å². The van der Waals surface area contributed by atoms with Crippen molar-refractivity contribution in [3.63, 3.8) is 0 Å². The predicted octanol–water partition coefficient (Wildman–Crippen LogP) is 2.24. The Morgan fingerprint density at radius 1 is 0.852 bits per heavy atom. The van der Waals surface area contributed by atoms with Crippen molar-refractivity contribution in [1.82, 2.24) is 10.0 Å². The van der Waals surface area contributed by atoms with Crippen molar-refractivity contribution < 1.29 is 18.0 Å². The van der Waals surface area contributed by atoms with Gasteiger partial charge in [0.25, 0.3) is 11.8 Å². The van der Waals surface area contributed by atoms with Gasteiger partial charge in [-0.15, -0.1) is 0 Å². The van der Waals surface area contributed by atoms with Crippen molar-refractivity contribution in [2.75, 3.05) is 6.54 Å². The van der Waals surface area contributed by atoms with Crippen molar-refractivity contribution in [2.45, 2.75) is 11.3 Å². The first-order chi connectivity index (χ1) is 13.0. The second-order valence-corrected chi connectivity index (χ2v) is 8.06. The van der Waals surface area contributed by atoms with E-state index in [4.69, 9.17) is 0 Å². The molecule has 0 aliphatic carbocycles. The molecular formula is C20H16N2O4S. The highest BCUT2D eigenvalue weighted by atomic mass is 32.2. The molecule has 1 heterocycles. The maximum atomic E-state index is 12.7. The number of hydrogen-bond donors (Lipinski definition) is 2. The predicted molar refractivity (Wildman–Crippen MR) is 101 cm³/mol. The highest BCUT2D eigenvalue weighted by molar-refractivity contribution is 7.89. The fraction of sp³-hybridized carbons (Fsp3) is 0.100. The van der Waals surface area contributed by atoms with Crippen molar-refractivity contribution in [2.24, 2.45) is 0 Å². The van der Waals surface area contributed by atoms with Crippen LogP contribution >= 0.6 is 0 Å². The lowest BCUT2D eigenvalue weighted by Gasteiger charge is -2.18. The van der Waals surface area contributed by atoms with Gasteiger partial charge in [-0.2, -0.15) is 0 Å². The topological polar surface area (TPSA) is 92.3 Å². The van der Waals surface area contributed by atoms with Crippen LogP contribution in [0.2, 0.25) is 0 Å². The summed E-state index contributed by atoms with van der Waals surface area (Å²) < 4.78 is 28.0. The first-order valence-corrected chi connectivity index (χ1v) is 9.90. The Morgan fingerprint density at radius 2 is 1.59 bits per heavy atom. The third kappa shape index (κ3) is 3.22. The number of nitrogens with one attached hydrogen (secondary N) is 2. The third-order valence-electron chi connectivity index (χ3n) is 4.53. The van der Waals surface area contributed by atoms with Crippen molar-refractivity contribution in [1.29, 1.82) is 0 Å². The number of carbonyl (C=O) groups is 2. The lowest BCUT2D eigenvalue weighted by Crippen LogP contribution is -2.35. The van der Waals surface area contributed by atoms with Gasteiger partial charge in [0, 0.05) is 23.1 Å². The monoisotopic (exact) mass is 380 g/mol. The summed E-state index contributed by atoms with van der Waals surface area (Å²) in [7, 11) is -3.80. The third-order valence-corrected chi connectivity index (χ3v) is 5.97. The van der Waals surface area contributed by atoms with Crippen LogP contribution in [-0.4, -0.2) is 26.8 Å². The van der Waals surface area contributed by atoms with Crippen LogP contribution in [0.3, 0.4) is 0 Å². The highest BCUT2D eigenvalue weighted by Crippen LogP contribution is 2.29. The molecule has 1 aliphatic heterocycles. The number of amides is 2. The largest absolute Gasteiger partial charge is 0.288 e. The first kappa shape index (κ1) is 17.4. The minimum absolute atomic E-state index is 0.000268. The van der Waals surface area contributed by atoms with Crippen molar-refractivity contribution in [3.05, 3.63) is 77.4 Å². The van der Waals surface area contributed by atoms with Crippen LogP contribution < -0.4 is 10.0 Å². The van der Waals surface area contributed by atoms with Gasteiger partial charge in [-0.05, 0) is 35.6 Å². The van der Waals surface area contributed by atoms with E-state index in [9.17, 15) is 18.0 Å². The molecule has 2 N–H and O–H groups in total. The van der Waals surface area contributed by atoms with Crippen molar-refractivity contribution >= 4 is 32.6 Å². The van der Waals surface area contributed by atoms with Crippen LogP contribution in [0.15, 0.2) is 65.6 Å². The van der Waals surface area contributed by atoms with E-state index in [1.807, 2.05) is 30.3 Å². The molecule has 0 radical (unpaired) electrons. The first-order valence-electron chi connectivity index (χ1n) is 8.42. The minimum Gasteiger partial charge on any atom is -0.288 e. The van der Waals surface area contributed by atoms with Crippen LogP contribution in [0.5, 0.6) is 0 Å². The molecule has 0 saturated carbocycles. The summed E-state index contributed by atoms with van der Waals surface area (Å²) in [5.74, 6) is -1.07. The zero-order valence-corrected chi connectivity index (χ0v) is 15.0. The van der Waals surface area contributed by atoms with E-state index >= 15 is 0 Å². The lowest BCUT2D eigenvalue weighted by atomic mass is 9.95. The van der Waals surface area contributed by atoms with E-state index in [0.29, 0.717) is 22.8 Å². The van der Waals surface area contributed by atoms with Gasteiger partial charge in [-0.25, -0.2) is 13.1 Å². The Bertz CT molecular complexity index is 1170. The number of rotatable bonds is 5. The summed E-state index contributed by atoms with van der Waals surface area (Å²) in [5, 5.41) is 3.27. The highest BCUT2D eigenvalue weighted by Gasteiger charge is 2.27. The molecule has 3 aromatic rings. The van der Waals surface area contributed by atoms with E-state index in [1.165, 1.54) is 12.1 Å². The molecule has 0 bridgehead atoms. The second kappa shape index (κ2) is 6.61. The fourth-order valence-corrected chi connectivity index (χ4v) is 4.31. The number of carbonyl (C=O) groups excluding carboxylic acids is 2. The summed E-state index contributed by atoms with van der Waals surface area (Å²) >= 11 is 0. The van der Waals surface area contributed by atoms with Crippen LogP contribution in [0.25, 0.3) is 10.8 Å². The standard InChI is InChI=1S/C20H16N2O4S/c23-19-16-8-4-7-14-11-15(12-17(18(14)16)20(24)22-19)27(25,26)21-10-9-13-5-2-1-3-6-13/h1-8,11-12,21H,9-10H2,(H,22,23,24). The lowest BCUT2D eigenvalue weighted by molar-refractivity contribution is 0.0845. The Balaban J connectivity index is 1.67. The summed E-state index contributed by atoms with van der Waals surface area (Å²) in [6.45, 7) is 0.241. The molecule has 2 amide bonds. The smallest absolute Gasteiger partial charge is 0.258 e. The minimum atomic E-state index is -3.80. The molecule has 7 heteroatoms. The Labute approximate surface area is 156 Å². The molecule has 4 rings (SSSR count). The van der Waals surface area contributed by atoms with Crippen molar-refractivity contribution in [3.8, 4) is 0 Å². The molecule has 0 saturated heterocycles. The van der Waals surface area contributed by atoms with Gasteiger partial charge >= 0.3 is 0 Å². The molecule has 0 atom stereocenters. The van der Waals surface area contributed by atoms with Gasteiger partial charge in [0.2, 0.25) is 10.0 Å². The average molecular weight is 380 g/mol. The SMILES string of the molecule is O=C1NC(=O)c2cc(S(=O)(=O)NCCc3ccccc3)cc3cccc1c23. The maximum absolute atomic E-state index is 12.7. The van der Waals surface area contributed by atoms with E-state index in [2.05, 4.69) is 10.0 Å². The Kier molecular flexibility index (Phi) is 4.25. The fourth-order valence-electron chi connectivity index (χ4n) is 3.22. The van der Waals surface area contributed by atoms with E-state index in [1.54, 1.807) is 18.2 Å². The Hall–Kier alpha value is -3.03. The summed E-state index contributed by atoms with van der Waals surface area (Å²) in [5.41, 5.74) is 1.57. The molecule has 1 aliphatic rings. The molecule has 0 unspecified atom stereocenters. The maximum Gasteiger partial charge on any atom is 0.258 e. The van der Waals surface area contributed by atoms with Gasteiger partial charge in [0.05, 0.1) is 4.90 Å². The zero-order valence-electron chi connectivity index (χ0n) is 14.2. The number of sulfonamides is 1. The van der Waals surface area contributed by atoms with Gasteiger partial charge in [-0.3, -0.25) is 14.9 Å². The average Bonchev–Trinajstić information content (AvgIpc) is 2.66. The number of imide groups is 1. The molecule has 6 nitrogen and oxygen atoms in total. The number of hydrogen-bond acceptors (Lipinski definition) is 4. The molecular weight excluding hydrogens is 364 g/mol. The quantitative estimate of drug-likeness (QED) is 0.664. The van der Waals surface area contributed by atoms with Gasteiger partial charge < -0.3 is 0 Å². The van der Waals surface area contributed by atoms with Gasteiger partial charge in [0.1, 0.15) is 0 Å². The van der Waals surface area contributed by atoms with Crippen LogP contribution in [0.4, 0.5) is 0 Å². The van der Waals surface area contributed by atoms with Crippen LogP contribution in [0.1, 0.15) is 26.3 Å².